The number of aliphatic carboxylic acids is 1. The van der Waals surface area contributed by atoms with E-state index >= 15 is 0 Å². The van der Waals surface area contributed by atoms with E-state index in [-0.39, 0.29) is 5.91 Å². The van der Waals surface area contributed by atoms with Crippen LogP contribution < -0.4 is 0 Å². The Balaban J connectivity index is 1.74. The number of ether oxygens (including phenoxy) is 1. The van der Waals surface area contributed by atoms with Crippen LogP contribution in [0.2, 0.25) is 0 Å². The molecule has 0 aromatic rings. The fourth-order valence-corrected chi connectivity index (χ4v) is 3.63. The van der Waals surface area contributed by atoms with E-state index in [1.165, 1.54) is 0 Å². The van der Waals surface area contributed by atoms with Crippen molar-refractivity contribution in [2.45, 2.75) is 18.1 Å². The molecule has 20 heavy (non-hydrogen) atoms. The standard InChI is InChI=1S/C14H20N2O4/c1-15(2)6-3-7-16-8-14-5-4-9(20-14)10(13(18)19)11(14)12(16)17/h4-5,9-11H,3,6-8H2,1-2H3,(H,18,19)/t9-,10?,11?,14-/m1/s1. The number of fused-ring (bicyclic) bond motifs is 1. The molecular formula is C14H20N2O4. The van der Waals surface area contributed by atoms with E-state index in [0.717, 1.165) is 13.0 Å². The maximum absolute atomic E-state index is 12.5. The normalized spacial score (nSPS) is 38.0. The molecule has 2 fully saturated rings. The van der Waals surface area contributed by atoms with Crippen LogP contribution in [0.4, 0.5) is 0 Å². The second-order valence-corrected chi connectivity index (χ2v) is 6.15. The van der Waals surface area contributed by atoms with Gasteiger partial charge in [0.2, 0.25) is 5.91 Å². The maximum atomic E-state index is 12.5. The first-order chi connectivity index (χ1) is 9.44. The van der Waals surface area contributed by atoms with Gasteiger partial charge in [-0.15, -0.1) is 0 Å². The topological polar surface area (TPSA) is 70.1 Å². The molecule has 110 valence electrons. The van der Waals surface area contributed by atoms with Crippen LogP contribution in [0.5, 0.6) is 0 Å². The quantitative estimate of drug-likeness (QED) is 0.707. The Morgan fingerprint density at radius 3 is 3.00 bits per heavy atom. The van der Waals surface area contributed by atoms with Gasteiger partial charge in [0.1, 0.15) is 11.5 Å². The summed E-state index contributed by atoms with van der Waals surface area (Å²) in [5.41, 5.74) is -0.692. The summed E-state index contributed by atoms with van der Waals surface area (Å²) in [6, 6.07) is 0. The molecule has 2 bridgehead atoms. The summed E-state index contributed by atoms with van der Waals surface area (Å²) >= 11 is 0. The Kier molecular flexibility index (Phi) is 3.10. The highest BCUT2D eigenvalue weighted by Crippen LogP contribution is 2.51. The second-order valence-electron chi connectivity index (χ2n) is 6.15. The lowest BCUT2D eigenvalue weighted by Gasteiger charge is -2.21. The van der Waals surface area contributed by atoms with Crippen molar-refractivity contribution in [1.82, 2.24) is 9.80 Å². The van der Waals surface area contributed by atoms with Crippen LogP contribution in [0.3, 0.4) is 0 Å². The number of carboxylic acid groups (broad SMARTS) is 1. The second kappa shape index (κ2) is 4.56. The minimum absolute atomic E-state index is 0.0667. The summed E-state index contributed by atoms with van der Waals surface area (Å²) < 4.78 is 5.82. The summed E-state index contributed by atoms with van der Waals surface area (Å²) in [6.07, 6.45) is 4.13. The van der Waals surface area contributed by atoms with Gasteiger partial charge in [-0.05, 0) is 27.1 Å². The molecule has 3 rings (SSSR count). The zero-order valence-corrected chi connectivity index (χ0v) is 11.8. The molecule has 1 spiro atoms. The summed E-state index contributed by atoms with van der Waals surface area (Å²) in [7, 11) is 3.99. The third-order valence-corrected chi connectivity index (χ3v) is 4.50. The SMILES string of the molecule is CN(C)CCCN1C[C@@]23C=C[C@@H](O2)C(C(=O)O)C3C1=O. The highest BCUT2D eigenvalue weighted by Gasteiger charge is 2.66. The van der Waals surface area contributed by atoms with E-state index in [4.69, 9.17) is 4.74 Å². The molecule has 1 amide bonds. The number of carbonyl (C=O) groups excluding carboxylic acids is 1. The predicted molar refractivity (Wildman–Crippen MR) is 71.1 cm³/mol. The molecule has 0 saturated carbocycles. The van der Waals surface area contributed by atoms with Gasteiger partial charge >= 0.3 is 5.97 Å². The van der Waals surface area contributed by atoms with Crippen molar-refractivity contribution in [3.63, 3.8) is 0 Å². The van der Waals surface area contributed by atoms with Crippen molar-refractivity contribution >= 4 is 11.9 Å². The molecular weight excluding hydrogens is 260 g/mol. The fraction of sp³-hybridized carbons (Fsp3) is 0.714. The molecule has 6 heteroatoms. The monoisotopic (exact) mass is 280 g/mol. The van der Waals surface area contributed by atoms with Crippen molar-refractivity contribution in [3.8, 4) is 0 Å². The molecule has 0 aromatic carbocycles. The van der Waals surface area contributed by atoms with Crippen molar-refractivity contribution < 1.29 is 19.4 Å². The Hall–Kier alpha value is -1.40. The molecule has 1 N–H and O–H groups in total. The molecule has 0 radical (unpaired) electrons. The summed E-state index contributed by atoms with van der Waals surface area (Å²) in [6.45, 7) is 2.05. The van der Waals surface area contributed by atoms with E-state index < -0.39 is 29.5 Å². The van der Waals surface area contributed by atoms with E-state index in [1.54, 1.807) is 11.0 Å². The molecule has 3 heterocycles. The molecule has 3 aliphatic heterocycles. The minimum Gasteiger partial charge on any atom is -0.481 e. The zero-order valence-electron chi connectivity index (χ0n) is 11.8. The predicted octanol–water partition coefficient (Wildman–Crippen LogP) is -0.195. The molecule has 2 unspecified atom stereocenters. The minimum atomic E-state index is -0.935. The Labute approximate surface area is 118 Å². The van der Waals surface area contributed by atoms with Crippen molar-refractivity contribution in [1.29, 1.82) is 0 Å². The summed E-state index contributed by atoms with van der Waals surface area (Å²) in [5, 5.41) is 9.34. The lowest BCUT2D eigenvalue weighted by atomic mass is 9.77. The van der Waals surface area contributed by atoms with Crippen LogP contribution >= 0.6 is 0 Å². The van der Waals surface area contributed by atoms with Gasteiger partial charge in [0.15, 0.2) is 0 Å². The van der Waals surface area contributed by atoms with Gasteiger partial charge in [0.25, 0.3) is 0 Å². The molecule has 3 aliphatic rings. The average molecular weight is 280 g/mol. The van der Waals surface area contributed by atoms with Crippen LogP contribution in [0.15, 0.2) is 12.2 Å². The van der Waals surface area contributed by atoms with Crippen molar-refractivity contribution in [2.75, 3.05) is 33.7 Å². The number of nitrogens with zero attached hydrogens (tertiary/aromatic N) is 2. The molecule has 2 saturated heterocycles. The Bertz CT molecular complexity index is 476. The van der Waals surface area contributed by atoms with Gasteiger partial charge in [-0.2, -0.15) is 0 Å². The molecule has 4 atom stereocenters. The van der Waals surface area contributed by atoms with Crippen LogP contribution in [-0.4, -0.2) is 72.2 Å². The molecule has 0 aliphatic carbocycles. The third kappa shape index (κ3) is 1.86. The first-order valence-corrected chi connectivity index (χ1v) is 6.98. The van der Waals surface area contributed by atoms with Crippen LogP contribution in [0, 0.1) is 11.8 Å². The number of amides is 1. The molecule has 0 aromatic heterocycles. The van der Waals surface area contributed by atoms with Gasteiger partial charge in [-0.3, -0.25) is 9.59 Å². The number of rotatable bonds is 5. The highest BCUT2D eigenvalue weighted by molar-refractivity contribution is 5.90. The summed E-state index contributed by atoms with van der Waals surface area (Å²) in [4.78, 5) is 27.7. The Morgan fingerprint density at radius 1 is 1.60 bits per heavy atom. The zero-order chi connectivity index (χ0) is 14.5. The first-order valence-electron chi connectivity index (χ1n) is 6.98. The number of carbonyl (C=O) groups is 2. The first kappa shape index (κ1) is 13.6. The van der Waals surface area contributed by atoms with Gasteiger partial charge in [-0.25, -0.2) is 0 Å². The number of hydrogen-bond donors (Lipinski definition) is 1. The van der Waals surface area contributed by atoms with E-state index in [1.807, 2.05) is 20.2 Å². The largest absolute Gasteiger partial charge is 0.481 e. The maximum Gasteiger partial charge on any atom is 0.310 e. The highest BCUT2D eigenvalue weighted by atomic mass is 16.5. The Morgan fingerprint density at radius 2 is 2.35 bits per heavy atom. The number of likely N-dealkylation sites (tertiary alicyclic amines) is 1. The van der Waals surface area contributed by atoms with Gasteiger partial charge < -0.3 is 19.6 Å². The average Bonchev–Trinajstić information content (AvgIpc) is 2.98. The fourth-order valence-electron chi connectivity index (χ4n) is 3.63. The van der Waals surface area contributed by atoms with E-state index in [0.29, 0.717) is 13.1 Å². The number of hydrogen-bond acceptors (Lipinski definition) is 4. The lowest BCUT2D eigenvalue weighted by Crippen LogP contribution is -2.39. The van der Waals surface area contributed by atoms with E-state index in [9.17, 15) is 14.7 Å². The van der Waals surface area contributed by atoms with Crippen molar-refractivity contribution in [2.24, 2.45) is 11.8 Å². The van der Waals surface area contributed by atoms with Crippen LogP contribution in [-0.2, 0) is 14.3 Å². The van der Waals surface area contributed by atoms with Gasteiger partial charge in [0, 0.05) is 6.54 Å². The number of carboxylic acids is 1. The van der Waals surface area contributed by atoms with Crippen LogP contribution in [0.1, 0.15) is 6.42 Å². The lowest BCUT2D eigenvalue weighted by molar-refractivity contribution is -0.148. The van der Waals surface area contributed by atoms with Crippen LogP contribution in [0.25, 0.3) is 0 Å². The molecule has 6 nitrogen and oxygen atoms in total. The van der Waals surface area contributed by atoms with Gasteiger partial charge in [0.05, 0.1) is 18.6 Å². The third-order valence-electron chi connectivity index (χ3n) is 4.50. The van der Waals surface area contributed by atoms with Gasteiger partial charge in [-0.1, -0.05) is 12.2 Å². The van der Waals surface area contributed by atoms with Crippen molar-refractivity contribution in [3.05, 3.63) is 12.2 Å². The van der Waals surface area contributed by atoms with E-state index in [2.05, 4.69) is 4.90 Å². The summed E-state index contributed by atoms with van der Waals surface area (Å²) in [5.74, 6) is -2.28. The smallest absolute Gasteiger partial charge is 0.310 e.